The molecule has 0 spiro atoms. The van der Waals surface area contributed by atoms with Gasteiger partial charge in [0.1, 0.15) is 0 Å². The normalized spacial score (nSPS) is 5.33. The van der Waals surface area contributed by atoms with Gasteiger partial charge in [0.2, 0.25) is 0 Å². The molecule has 0 fully saturated rings. The molecule has 0 aromatic rings. The van der Waals surface area contributed by atoms with E-state index >= 15 is 0 Å². The summed E-state index contributed by atoms with van der Waals surface area (Å²) in [5.41, 5.74) is 8.94. The van der Waals surface area contributed by atoms with Gasteiger partial charge in [-0.25, -0.2) is 0 Å². The molecule has 0 aliphatic heterocycles. The molecule has 0 aliphatic rings. The van der Waals surface area contributed by atoms with E-state index in [1.165, 1.54) is 0 Å². The van der Waals surface area contributed by atoms with Crippen molar-refractivity contribution in [2.75, 3.05) is 0 Å². The minimum absolute atomic E-state index is 0. The summed E-state index contributed by atoms with van der Waals surface area (Å²) in [6.07, 6.45) is 0. The van der Waals surface area contributed by atoms with Crippen LogP contribution in [0.4, 0.5) is 4.79 Å². The summed E-state index contributed by atoms with van der Waals surface area (Å²) in [7, 11) is 0. The van der Waals surface area contributed by atoms with Crippen molar-refractivity contribution in [2.45, 2.75) is 0 Å². The van der Waals surface area contributed by atoms with Crippen LogP contribution in [-0.2, 0) is 44.7 Å². The smallest absolute Gasteiger partial charge is 0.719 e. The minimum atomic E-state index is -0.750. The Labute approximate surface area is 82.5 Å². The molecule has 0 bridgehead atoms. The summed E-state index contributed by atoms with van der Waals surface area (Å²) in [6.45, 7) is 0. The van der Waals surface area contributed by atoms with Gasteiger partial charge in [0.15, 0.2) is 0 Å². The van der Waals surface area contributed by atoms with Crippen molar-refractivity contribution < 1.29 is 24.3 Å². The van der Waals surface area contributed by atoms with E-state index in [9.17, 15) is 0 Å². The summed E-state index contributed by atoms with van der Waals surface area (Å²) in [5.74, 6) is 0. The number of amides is 1. The van der Waals surface area contributed by atoms with Gasteiger partial charge >= 0.3 is 19.5 Å². The molecular weight excluding hydrogens is 230 g/mol. The fourth-order valence-electron chi connectivity index (χ4n) is 0. The van der Waals surface area contributed by atoms with E-state index in [0.29, 0.717) is 0 Å². The predicted octanol–water partition coefficient (Wildman–Crippen LogP) is -0.614. The summed E-state index contributed by atoms with van der Waals surface area (Å²) >= 11 is 12.0. The molecule has 4 N–H and O–H groups in total. The largest absolute Gasteiger partial charge is 2.00 e. The molecule has 0 aliphatic carbocycles. The zero-order valence-electron chi connectivity index (χ0n) is 4.49. The van der Waals surface area contributed by atoms with Crippen LogP contribution in [0.1, 0.15) is 0 Å². The SMILES string of the molecule is NC(=O)[S-].NC(=S)[S-].[Zn+2]. The van der Waals surface area contributed by atoms with E-state index in [2.05, 4.69) is 48.9 Å². The number of hydrogen-bond acceptors (Lipinski definition) is 4. The van der Waals surface area contributed by atoms with E-state index in [1.54, 1.807) is 0 Å². The molecular formula is C2H4N2OS3Zn. The van der Waals surface area contributed by atoms with Gasteiger partial charge in [-0.3, -0.25) is 0 Å². The van der Waals surface area contributed by atoms with Gasteiger partial charge in [-0.05, 0) is 0 Å². The first kappa shape index (κ1) is 16.2. The molecule has 0 atom stereocenters. The number of hydrogen-bond donors (Lipinski definition) is 2. The summed E-state index contributed by atoms with van der Waals surface area (Å²) in [5, 5.41) is -0.750. The number of thiocarbonyl (C=S) groups is 1. The van der Waals surface area contributed by atoms with E-state index in [0.717, 1.165) is 0 Å². The van der Waals surface area contributed by atoms with Crippen LogP contribution in [0.5, 0.6) is 0 Å². The van der Waals surface area contributed by atoms with E-state index in [4.69, 9.17) is 4.79 Å². The van der Waals surface area contributed by atoms with Crippen molar-refractivity contribution in [3.8, 4) is 0 Å². The van der Waals surface area contributed by atoms with Crippen molar-refractivity contribution in [3.05, 3.63) is 0 Å². The zero-order valence-corrected chi connectivity index (χ0v) is 9.91. The van der Waals surface area contributed by atoms with E-state index < -0.39 is 5.24 Å². The Kier molecular flexibility index (Phi) is 20.3. The van der Waals surface area contributed by atoms with Crippen LogP contribution in [0.25, 0.3) is 0 Å². The van der Waals surface area contributed by atoms with Crippen LogP contribution >= 0.6 is 12.2 Å². The quantitative estimate of drug-likeness (QED) is 0.332. The molecule has 0 saturated carbocycles. The summed E-state index contributed by atoms with van der Waals surface area (Å²) < 4.78 is 0.0833. The second-order valence-corrected chi connectivity index (χ2v) is 2.18. The van der Waals surface area contributed by atoms with Crippen LogP contribution in [0.3, 0.4) is 0 Å². The molecule has 0 heterocycles. The average molecular weight is 234 g/mol. The van der Waals surface area contributed by atoms with Gasteiger partial charge < -0.3 is 53.7 Å². The molecule has 0 radical (unpaired) electrons. The van der Waals surface area contributed by atoms with E-state index in [-0.39, 0.29) is 23.8 Å². The maximum absolute atomic E-state index is 9.04. The number of carbonyl (C=O) groups is 1. The fraction of sp³-hybridized carbons (Fsp3) is 0. The van der Waals surface area contributed by atoms with Crippen molar-refractivity contribution in [1.82, 2.24) is 0 Å². The topological polar surface area (TPSA) is 69.1 Å². The van der Waals surface area contributed by atoms with Crippen molar-refractivity contribution in [1.29, 1.82) is 0 Å². The molecule has 0 aromatic carbocycles. The Balaban J connectivity index is -0.0000000720. The first-order valence-electron chi connectivity index (χ1n) is 1.39. The molecule has 3 nitrogen and oxygen atoms in total. The van der Waals surface area contributed by atoms with Crippen LogP contribution < -0.4 is 11.5 Å². The molecule has 1 amide bonds. The van der Waals surface area contributed by atoms with Gasteiger partial charge in [0.25, 0.3) is 0 Å². The number of nitrogens with two attached hydrogens (primary N) is 2. The Morgan fingerprint density at radius 2 is 1.33 bits per heavy atom. The minimum Gasteiger partial charge on any atom is -0.719 e. The molecule has 0 saturated heterocycles. The Morgan fingerprint density at radius 3 is 1.33 bits per heavy atom. The second-order valence-electron chi connectivity index (χ2n) is 0.638. The van der Waals surface area contributed by atoms with Crippen LogP contribution in [0.2, 0.25) is 0 Å². The number of carbonyl (C=O) groups excluding carboxylic acids is 1. The second kappa shape index (κ2) is 11.3. The fourth-order valence-corrected chi connectivity index (χ4v) is 0. The van der Waals surface area contributed by atoms with Gasteiger partial charge in [0, 0.05) is 0 Å². The van der Waals surface area contributed by atoms with Gasteiger partial charge in [0.05, 0.1) is 5.24 Å². The molecule has 9 heavy (non-hydrogen) atoms. The summed E-state index contributed by atoms with van der Waals surface area (Å²) in [6, 6.07) is 0. The van der Waals surface area contributed by atoms with Crippen molar-refractivity contribution in [3.63, 3.8) is 0 Å². The third-order valence-corrected chi connectivity index (χ3v) is 0. The van der Waals surface area contributed by atoms with Crippen LogP contribution in [-0.4, -0.2) is 9.56 Å². The number of primary amides is 1. The molecule has 48 valence electrons. The third-order valence-electron chi connectivity index (χ3n) is 0. The maximum atomic E-state index is 9.04. The standard InChI is InChI=1S/CH3NOS.CH3NS2.Zn/c2*2-1(3)4;/h2*(H3,2,3,4);/q;;+2/p-2. The van der Waals surface area contributed by atoms with Gasteiger partial charge in [-0.2, -0.15) is 0 Å². The van der Waals surface area contributed by atoms with Crippen molar-refractivity contribution >= 4 is 47.0 Å². The van der Waals surface area contributed by atoms with Crippen molar-refractivity contribution in [2.24, 2.45) is 11.5 Å². The van der Waals surface area contributed by atoms with Gasteiger partial charge in [-0.15, -0.1) is 0 Å². The zero-order chi connectivity index (χ0) is 7.15. The Morgan fingerprint density at radius 1 is 1.33 bits per heavy atom. The van der Waals surface area contributed by atoms with Gasteiger partial charge in [-0.1, -0.05) is 4.32 Å². The van der Waals surface area contributed by atoms with Crippen LogP contribution in [0.15, 0.2) is 0 Å². The first-order chi connectivity index (χ1) is 3.46. The van der Waals surface area contributed by atoms with Crippen LogP contribution in [0, 0.1) is 0 Å². The molecule has 0 unspecified atom stereocenters. The molecule has 0 rings (SSSR count). The van der Waals surface area contributed by atoms with E-state index in [1.807, 2.05) is 0 Å². The molecule has 7 heteroatoms. The average Bonchev–Trinajstić information content (AvgIpc) is 1.25. The summed E-state index contributed by atoms with van der Waals surface area (Å²) in [4.78, 5) is 9.04. The third kappa shape index (κ3) is 1940. The molecule has 0 aromatic heterocycles. The predicted molar refractivity (Wildman–Crippen MR) is 41.1 cm³/mol. The number of rotatable bonds is 0. The first-order valence-corrected chi connectivity index (χ1v) is 2.62. The Hall–Kier alpha value is 0.423. The maximum Gasteiger partial charge on any atom is 2.00 e. The monoisotopic (exact) mass is 232 g/mol. The Bertz CT molecular complexity index is 77.8.